The first kappa shape index (κ1) is 9.44. The van der Waals surface area contributed by atoms with Gasteiger partial charge in [-0.25, -0.2) is 4.98 Å². The molecule has 0 bridgehead atoms. The standard InChI is InChI=1S/C15H15N3O3/c1-8-17-11-4-2-3-10(16)14(11)15(21)18(8)12-6-5-9(19)7-13(12)20/h2-4,12H,5-7,16H2,1H3/i3D,4D,5D,6D. The van der Waals surface area contributed by atoms with E-state index in [2.05, 4.69) is 4.98 Å². The normalized spacial score (nSPS) is 28.9. The summed E-state index contributed by atoms with van der Waals surface area (Å²) < 4.78 is 32.4. The largest absolute Gasteiger partial charge is 0.398 e. The van der Waals surface area contributed by atoms with Gasteiger partial charge in [0.2, 0.25) is 0 Å². The minimum Gasteiger partial charge on any atom is -0.398 e. The third-order valence-corrected chi connectivity index (χ3v) is 3.42. The molecule has 0 saturated heterocycles. The molecule has 6 heteroatoms. The fraction of sp³-hybridized carbons (Fsp3) is 0.333. The summed E-state index contributed by atoms with van der Waals surface area (Å²) in [5.41, 5.74) is 4.90. The molecule has 0 radical (unpaired) electrons. The number of aromatic nitrogens is 2. The molecule has 6 nitrogen and oxygen atoms in total. The lowest BCUT2D eigenvalue weighted by Crippen LogP contribution is -2.36. The highest BCUT2D eigenvalue weighted by molar-refractivity contribution is 6.03. The zero-order valence-corrected chi connectivity index (χ0v) is 11.2. The smallest absolute Gasteiger partial charge is 0.264 e. The van der Waals surface area contributed by atoms with Crippen LogP contribution in [0.5, 0.6) is 0 Å². The Bertz CT molecular complexity index is 988. The molecule has 1 saturated carbocycles. The number of Topliss-reactive ketones (excluding diaryl/α,β-unsaturated/α-hetero) is 2. The van der Waals surface area contributed by atoms with Crippen LogP contribution >= 0.6 is 0 Å². The number of anilines is 1. The van der Waals surface area contributed by atoms with Gasteiger partial charge in [0.15, 0.2) is 5.78 Å². The number of nitrogens with zero attached hydrogens (tertiary/aromatic N) is 2. The third kappa shape index (κ3) is 2.12. The molecule has 1 fully saturated rings. The van der Waals surface area contributed by atoms with Gasteiger partial charge in [-0.3, -0.25) is 19.0 Å². The van der Waals surface area contributed by atoms with Crippen molar-refractivity contribution in [3.63, 3.8) is 0 Å². The Morgan fingerprint density at radius 3 is 2.95 bits per heavy atom. The van der Waals surface area contributed by atoms with Crippen LogP contribution in [-0.2, 0) is 9.59 Å². The highest BCUT2D eigenvalue weighted by atomic mass is 16.2. The number of nitrogen functional groups attached to an aromatic ring is 1. The van der Waals surface area contributed by atoms with Crippen LogP contribution in [0, 0.1) is 6.92 Å². The van der Waals surface area contributed by atoms with E-state index in [1.165, 1.54) is 13.0 Å². The van der Waals surface area contributed by atoms with Gasteiger partial charge in [-0.15, -0.1) is 0 Å². The van der Waals surface area contributed by atoms with Gasteiger partial charge >= 0.3 is 0 Å². The summed E-state index contributed by atoms with van der Waals surface area (Å²) >= 11 is 0. The van der Waals surface area contributed by atoms with E-state index in [4.69, 9.17) is 11.2 Å². The molecule has 1 aromatic carbocycles. The van der Waals surface area contributed by atoms with Gasteiger partial charge < -0.3 is 5.73 Å². The Kier molecular flexibility index (Phi) is 2.16. The average molecular weight is 289 g/mol. The van der Waals surface area contributed by atoms with Crippen LogP contribution in [0.4, 0.5) is 5.69 Å². The highest BCUT2D eigenvalue weighted by Gasteiger charge is 2.30. The highest BCUT2D eigenvalue weighted by Crippen LogP contribution is 2.24. The molecule has 1 aliphatic carbocycles. The average Bonchev–Trinajstić information content (AvgIpc) is 2.53. The number of carbonyl (C=O) groups excluding carboxylic acids is 2. The third-order valence-electron chi connectivity index (χ3n) is 3.42. The van der Waals surface area contributed by atoms with Crippen molar-refractivity contribution < 1.29 is 15.1 Å². The van der Waals surface area contributed by atoms with E-state index in [9.17, 15) is 14.4 Å². The summed E-state index contributed by atoms with van der Waals surface area (Å²) in [6, 6.07) is -0.511. The number of hydrogen-bond acceptors (Lipinski definition) is 5. The fourth-order valence-corrected chi connectivity index (χ4v) is 2.44. The van der Waals surface area contributed by atoms with E-state index in [-0.39, 0.29) is 34.5 Å². The fourth-order valence-electron chi connectivity index (χ4n) is 2.44. The van der Waals surface area contributed by atoms with Crippen LogP contribution in [0.2, 0.25) is 0 Å². The number of ketones is 2. The summed E-state index contributed by atoms with van der Waals surface area (Å²) in [6.45, 7) is 1.44. The Morgan fingerprint density at radius 2 is 2.19 bits per heavy atom. The van der Waals surface area contributed by atoms with Crippen LogP contribution < -0.4 is 11.3 Å². The first-order chi connectivity index (χ1) is 11.6. The molecule has 2 aromatic rings. The van der Waals surface area contributed by atoms with Crippen LogP contribution in [0.25, 0.3) is 10.9 Å². The molecule has 0 aliphatic heterocycles. The molecule has 1 aliphatic rings. The molecule has 108 valence electrons. The number of hydrogen-bond donors (Lipinski definition) is 1. The Morgan fingerprint density at radius 1 is 1.43 bits per heavy atom. The lowest BCUT2D eigenvalue weighted by Gasteiger charge is -2.24. The van der Waals surface area contributed by atoms with Crippen molar-refractivity contribution in [2.45, 2.75) is 32.2 Å². The quantitative estimate of drug-likeness (QED) is 0.627. The van der Waals surface area contributed by atoms with Gasteiger partial charge in [0.05, 0.1) is 26.1 Å². The first-order valence-electron chi connectivity index (χ1n) is 8.49. The summed E-state index contributed by atoms with van der Waals surface area (Å²) in [4.78, 5) is 41.0. The van der Waals surface area contributed by atoms with Crippen LogP contribution in [0.15, 0.2) is 22.9 Å². The summed E-state index contributed by atoms with van der Waals surface area (Å²) in [5, 5.41) is -0.165. The Balaban J connectivity index is 2.34. The molecular formula is C15H15N3O3. The maximum atomic E-state index is 12.9. The van der Waals surface area contributed by atoms with Gasteiger partial charge in [-0.1, -0.05) is 6.07 Å². The van der Waals surface area contributed by atoms with Gasteiger partial charge in [0, 0.05) is 14.8 Å². The van der Waals surface area contributed by atoms with E-state index in [0.717, 1.165) is 4.57 Å². The van der Waals surface area contributed by atoms with E-state index in [1.54, 1.807) is 0 Å². The molecule has 3 atom stereocenters. The Labute approximate surface area is 126 Å². The van der Waals surface area contributed by atoms with Crippen LogP contribution in [0.3, 0.4) is 0 Å². The van der Waals surface area contributed by atoms with E-state index < -0.39 is 42.4 Å². The summed E-state index contributed by atoms with van der Waals surface area (Å²) in [5.74, 6) is -1.20. The van der Waals surface area contributed by atoms with Crippen molar-refractivity contribution in [1.29, 1.82) is 0 Å². The summed E-state index contributed by atoms with van der Waals surface area (Å²) in [7, 11) is 0. The second kappa shape index (κ2) is 4.80. The van der Waals surface area contributed by atoms with Gasteiger partial charge in [0.25, 0.3) is 5.56 Å². The van der Waals surface area contributed by atoms with Crippen molar-refractivity contribution in [2.24, 2.45) is 0 Å². The van der Waals surface area contributed by atoms with Crippen molar-refractivity contribution in [3.8, 4) is 0 Å². The lowest BCUT2D eigenvalue weighted by molar-refractivity contribution is -0.132. The monoisotopic (exact) mass is 289 g/mol. The molecule has 0 spiro atoms. The zero-order valence-electron chi connectivity index (χ0n) is 15.2. The van der Waals surface area contributed by atoms with Gasteiger partial charge in [-0.05, 0) is 25.4 Å². The molecule has 21 heavy (non-hydrogen) atoms. The molecule has 3 unspecified atom stereocenters. The van der Waals surface area contributed by atoms with Crippen LogP contribution in [0.1, 0.15) is 36.6 Å². The van der Waals surface area contributed by atoms with Crippen LogP contribution in [-0.4, -0.2) is 21.1 Å². The number of nitrogens with two attached hydrogens (primary N) is 1. The number of fused-ring (bicyclic) bond motifs is 1. The predicted molar refractivity (Wildman–Crippen MR) is 78.1 cm³/mol. The molecule has 0 amide bonds. The lowest BCUT2D eigenvalue weighted by atomic mass is 9.92. The predicted octanol–water partition coefficient (Wildman–Crippen LogP) is 1.15. The zero-order chi connectivity index (χ0) is 18.6. The molecule has 2 N–H and O–H groups in total. The van der Waals surface area contributed by atoms with Crippen molar-refractivity contribution in [2.75, 3.05) is 5.73 Å². The first-order valence-corrected chi connectivity index (χ1v) is 6.33. The molecule has 1 aromatic heterocycles. The van der Waals surface area contributed by atoms with Crippen molar-refractivity contribution in [3.05, 3.63) is 34.3 Å². The minimum atomic E-state index is -1.44. The second-order valence-electron chi connectivity index (χ2n) is 4.82. The SMILES string of the molecule is [2H]c1cc([2H])c2nc(C)n(C3C(=O)CC(=O)C([2H])C3[2H])c(=O)c2c1N. The van der Waals surface area contributed by atoms with Crippen molar-refractivity contribution >= 4 is 28.2 Å². The number of rotatable bonds is 1. The molecule has 1 heterocycles. The number of carbonyl (C=O) groups is 2. The number of aryl methyl sites for hydroxylation is 1. The Hall–Kier alpha value is -2.50. The van der Waals surface area contributed by atoms with E-state index >= 15 is 0 Å². The minimum absolute atomic E-state index is 0.00976. The second-order valence-corrected chi connectivity index (χ2v) is 4.82. The number of benzene rings is 1. The van der Waals surface area contributed by atoms with Gasteiger partial charge in [-0.2, -0.15) is 0 Å². The van der Waals surface area contributed by atoms with E-state index in [0.29, 0.717) is 0 Å². The van der Waals surface area contributed by atoms with E-state index in [1.807, 2.05) is 0 Å². The maximum absolute atomic E-state index is 12.9. The maximum Gasteiger partial charge on any atom is 0.264 e. The van der Waals surface area contributed by atoms with Crippen molar-refractivity contribution in [1.82, 2.24) is 9.55 Å². The molecular weight excluding hydrogens is 270 g/mol. The topological polar surface area (TPSA) is 95.0 Å². The van der Waals surface area contributed by atoms with Gasteiger partial charge in [0.1, 0.15) is 11.6 Å². The molecule has 3 rings (SSSR count). The summed E-state index contributed by atoms with van der Waals surface area (Å²) in [6.07, 6.45) is -3.40.